The van der Waals surface area contributed by atoms with Crippen LogP contribution in [0.15, 0.2) is 36.5 Å². The number of hydrogen-bond acceptors (Lipinski definition) is 2. The van der Waals surface area contributed by atoms with Crippen LogP contribution in [0.5, 0.6) is 0 Å². The van der Waals surface area contributed by atoms with Crippen molar-refractivity contribution >= 4 is 10.9 Å². The van der Waals surface area contributed by atoms with Gasteiger partial charge in [-0.3, -0.25) is 4.98 Å². The van der Waals surface area contributed by atoms with Gasteiger partial charge in [-0.05, 0) is 56.5 Å². The summed E-state index contributed by atoms with van der Waals surface area (Å²) in [7, 11) is 0. The van der Waals surface area contributed by atoms with Crippen LogP contribution in [-0.2, 0) is 25.9 Å². The van der Waals surface area contributed by atoms with E-state index < -0.39 is 13.3 Å². The summed E-state index contributed by atoms with van der Waals surface area (Å²) in [6, 6.07) is 9.74. The van der Waals surface area contributed by atoms with Crippen molar-refractivity contribution < 1.29 is 6.85 Å². The molecule has 0 amide bonds. The van der Waals surface area contributed by atoms with Crippen LogP contribution in [0.2, 0.25) is 0 Å². The second-order valence-electron chi connectivity index (χ2n) is 6.57. The maximum atomic E-state index is 8.69. The van der Waals surface area contributed by atoms with Crippen molar-refractivity contribution in [3.05, 3.63) is 64.6 Å². The van der Waals surface area contributed by atoms with Gasteiger partial charge in [0.15, 0.2) is 0 Å². The first-order valence-electron chi connectivity index (χ1n) is 10.8. The number of rotatable bonds is 3. The number of likely N-dealkylation sites (N-methyl/N-ethyl adjacent to an activating group) is 1. The van der Waals surface area contributed by atoms with E-state index in [1.54, 1.807) is 12.3 Å². The fourth-order valence-corrected chi connectivity index (χ4v) is 3.49. The third kappa shape index (κ3) is 2.73. The predicted octanol–water partition coefficient (Wildman–Crippen LogP) is 3.88. The van der Waals surface area contributed by atoms with Gasteiger partial charge < -0.3 is 9.47 Å². The molecule has 1 aliphatic rings. The van der Waals surface area contributed by atoms with E-state index in [4.69, 9.17) is 6.85 Å². The summed E-state index contributed by atoms with van der Waals surface area (Å²) in [6.45, 7) is 2.74. The Kier molecular flexibility index (Phi) is 2.70. The fraction of sp³-hybridized carbons (Fsp3) is 0.381. The van der Waals surface area contributed by atoms with Crippen molar-refractivity contribution in [1.82, 2.24) is 14.5 Å². The van der Waals surface area contributed by atoms with E-state index in [0.717, 1.165) is 33.4 Å². The molecule has 0 N–H and O–H groups in total. The summed E-state index contributed by atoms with van der Waals surface area (Å²) in [5.74, 6) is 0. The van der Waals surface area contributed by atoms with Gasteiger partial charge in [0, 0.05) is 61.4 Å². The van der Waals surface area contributed by atoms with Crippen LogP contribution in [0, 0.1) is 13.8 Å². The van der Waals surface area contributed by atoms with Gasteiger partial charge in [0.25, 0.3) is 0 Å². The van der Waals surface area contributed by atoms with E-state index in [1.807, 2.05) is 36.6 Å². The van der Waals surface area contributed by atoms with Crippen molar-refractivity contribution in [2.24, 2.45) is 0 Å². The zero-order valence-electron chi connectivity index (χ0n) is 19.1. The number of pyridine rings is 1. The lowest BCUT2D eigenvalue weighted by molar-refractivity contribution is 0.309. The van der Waals surface area contributed by atoms with E-state index in [1.165, 1.54) is 4.90 Å². The number of nitrogens with zero attached hydrogens (tertiary/aromatic N) is 3. The highest BCUT2D eigenvalue weighted by Crippen LogP contribution is 2.31. The summed E-state index contributed by atoms with van der Waals surface area (Å²) in [5.41, 5.74) is 5.50. The molecule has 3 nitrogen and oxygen atoms in total. The Bertz CT molecular complexity index is 1050. The van der Waals surface area contributed by atoms with E-state index in [0.29, 0.717) is 25.1 Å². The smallest absolute Gasteiger partial charge is 0.0486 e. The Morgan fingerprint density at radius 1 is 1.25 bits per heavy atom. The molecule has 3 heterocycles. The Labute approximate surface area is 151 Å². The van der Waals surface area contributed by atoms with Crippen LogP contribution >= 0.6 is 0 Å². The summed E-state index contributed by atoms with van der Waals surface area (Å²) < 4.78 is 42.8. The van der Waals surface area contributed by atoms with Gasteiger partial charge in [0.1, 0.15) is 0 Å². The van der Waals surface area contributed by atoms with Crippen LogP contribution in [0.3, 0.4) is 0 Å². The molecule has 0 bridgehead atoms. The second kappa shape index (κ2) is 6.06. The van der Waals surface area contributed by atoms with Gasteiger partial charge in [0.2, 0.25) is 0 Å². The summed E-state index contributed by atoms with van der Waals surface area (Å²) in [5, 5.41) is 1.02. The first-order chi connectivity index (χ1) is 13.6. The van der Waals surface area contributed by atoms with E-state index >= 15 is 0 Å². The van der Waals surface area contributed by atoms with Gasteiger partial charge in [-0.2, -0.15) is 0 Å². The van der Waals surface area contributed by atoms with Crippen molar-refractivity contribution in [1.29, 1.82) is 0 Å². The molecule has 0 saturated heterocycles. The van der Waals surface area contributed by atoms with Gasteiger partial charge in [-0.15, -0.1) is 0 Å². The van der Waals surface area contributed by atoms with Gasteiger partial charge >= 0.3 is 0 Å². The highest BCUT2D eigenvalue weighted by atomic mass is 15.1. The van der Waals surface area contributed by atoms with Crippen LogP contribution in [-0.4, -0.2) is 28.0 Å². The Hall–Kier alpha value is -2.13. The lowest BCUT2D eigenvalue weighted by Gasteiger charge is -2.24. The Morgan fingerprint density at radius 2 is 2.17 bits per heavy atom. The van der Waals surface area contributed by atoms with Crippen LogP contribution in [0.1, 0.15) is 34.9 Å². The number of hydrogen-bond donors (Lipinski definition) is 0. The number of aryl methyl sites for hydroxylation is 4. The molecule has 0 aliphatic carbocycles. The van der Waals surface area contributed by atoms with E-state index in [9.17, 15) is 0 Å². The zero-order chi connectivity index (χ0) is 21.0. The average molecular weight is 324 g/mol. The third-order valence-corrected chi connectivity index (χ3v) is 4.76. The number of benzene rings is 1. The third-order valence-electron chi connectivity index (χ3n) is 4.76. The fourth-order valence-electron chi connectivity index (χ4n) is 3.49. The molecular weight excluding hydrogens is 294 g/mol. The molecule has 3 aromatic rings. The van der Waals surface area contributed by atoms with Gasteiger partial charge in [-0.1, -0.05) is 17.7 Å². The van der Waals surface area contributed by atoms with Crippen LogP contribution < -0.4 is 0 Å². The minimum absolute atomic E-state index is 0.167. The zero-order valence-corrected chi connectivity index (χ0v) is 14.1. The summed E-state index contributed by atoms with van der Waals surface area (Å²) >= 11 is 0. The molecule has 24 heavy (non-hydrogen) atoms. The topological polar surface area (TPSA) is 21.1 Å². The molecule has 0 spiro atoms. The molecule has 4 rings (SSSR count). The Morgan fingerprint density at radius 3 is 2.96 bits per heavy atom. The lowest BCUT2D eigenvalue weighted by Crippen LogP contribution is -2.27. The molecule has 0 saturated carbocycles. The normalized spacial score (nSPS) is 19.2. The number of aromatic nitrogens is 2. The maximum Gasteiger partial charge on any atom is 0.0486 e. The Balaban J connectivity index is 1.80. The molecule has 1 aromatic carbocycles. The first-order valence-corrected chi connectivity index (χ1v) is 8.35. The van der Waals surface area contributed by atoms with Gasteiger partial charge in [-0.25, -0.2) is 0 Å². The molecule has 3 heteroatoms. The number of fused-ring (bicyclic) bond motifs is 3. The summed E-state index contributed by atoms with van der Waals surface area (Å²) in [4.78, 5) is 5.78. The standard InChI is InChI=1S/C21H25N3/c1-15-4-7-20-18(12-15)19-14-23(3)10-9-21(19)24(20)11-8-17-6-5-16(2)22-13-17/h4-7,12-13H,8-11,14H2,1-3H3/i3D3,8D2. The van der Waals surface area contributed by atoms with Crippen LogP contribution in [0.4, 0.5) is 0 Å². The average Bonchev–Trinajstić information content (AvgIpc) is 2.93. The first kappa shape index (κ1) is 10.7. The molecule has 0 fully saturated rings. The maximum absolute atomic E-state index is 8.69. The van der Waals surface area contributed by atoms with Crippen molar-refractivity contribution in [2.75, 3.05) is 13.5 Å². The van der Waals surface area contributed by atoms with E-state index in [2.05, 4.69) is 11.1 Å². The highest BCUT2D eigenvalue weighted by molar-refractivity contribution is 5.86. The molecule has 2 aromatic heterocycles. The summed E-state index contributed by atoms with van der Waals surface area (Å²) in [6.07, 6.45) is 0.601. The minimum Gasteiger partial charge on any atom is -0.344 e. The molecule has 0 radical (unpaired) electrons. The molecular formula is C21H25N3. The largest absolute Gasteiger partial charge is 0.344 e. The monoisotopic (exact) mass is 324 g/mol. The molecule has 0 atom stereocenters. The second-order valence-corrected chi connectivity index (χ2v) is 6.57. The van der Waals surface area contributed by atoms with Crippen molar-refractivity contribution in [3.63, 3.8) is 0 Å². The quantitative estimate of drug-likeness (QED) is 0.729. The SMILES string of the molecule is [2H]C([2H])(Cn1c2c(c3cc(C)ccc31)CN(C([2H])([2H])[2H])CC2)c1ccc(C)nc1. The molecule has 1 aliphatic heterocycles. The molecule has 124 valence electrons. The highest BCUT2D eigenvalue weighted by Gasteiger charge is 2.22. The van der Waals surface area contributed by atoms with Crippen LogP contribution in [0.25, 0.3) is 10.9 Å². The predicted molar refractivity (Wildman–Crippen MR) is 99.4 cm³/mol. The van der Waals surface area contributed by atoms with E-state index in [-0.39, 0.29) is 6.54 Å². The van der Waals surface area contributed by atoms with Crippen molar-refractivity contribution in [2.45, 2.75) is 39.7 Å². The minimum atomic E-state index is -2.13. The van der Waals surface area contributed by atoms with Gasteiger partial charge in [0.05, 0.1) is 0 Å². The molecule has 0 unspecified atom stereocenters. The van der Waals surface area contributed by atoms with Crippen molar-refractivity contribution in [3.8, 4) is 0 Å². The lowest BCUT2D eigenvalue weighted by atomic mass is 10.0.